The van der Waals surface area contributed by atoms with Crippen molar-refractivity contribution < 1.29 is 14.3 Å². The molecule has 0 atom stereocenters. The Labute approximate surface area is 176 Å². The fourth-order valence-corrected chi connectivity index (χ4v) is 3.70. The maximum Gasteiger partial charge on any atom is 0.250 e. The molecular formula is C21H19BrN2O3S. The molecule has 0 spiro atoms. The highest BCUT2D eigenvalue weighted by Gasteiger charge is 2.11. The number of thiazole rings is 1. The third-order valence-corrected chi connectivity index (χ3v) is 5.39. The fourth-order valence-electron chi connectivity index (χ4n) is 2.60. The van der Waals surface area contributed by atoms with Gasteiger partial charge < -0.3 is 9.47 Å². The van der Waals surface area contributed by atoms with Crippen LogP contribution in [0.1, 0.15) is 10.4 Å². The number of carbonyl (C=O) groups excluding carboxylic acids is 1. The Hall–Kier alpha value is -2.64. The molecule has 1 aromatic heterocycles. The second-order valence-electron chi connectivity index (χ2n) is 5.87. The predicted octanol–water partition coefficient (Wildman–Crippen LogP) is 5.55. The van der Waals surface area contributed by atoms with Crippen molar-refractivity contribution in [3.63, 3.8) is 0 Å². The maximum atomic E-state index is 12.3. The monoisotopic (exact) mass is 458 g/mol. The Kier molecular flexibility index (Phi) is 6.49. The third kappa shape index (κ3) is 4.79. The maximum absolute atomic E-state index is 12.3. The summed E-state index contributed by atoms with van der Waals surface area (Å²) in [6.07, 6.45) is 3.19. The molecule has 0 aliphatic heterocycles. The molecule has 1 amide bonds. The molecule has 0 radical (unpaired) electrons. The lowest BCUT2D eigenvalue weighted by atomic mass is 10.1. The van der Waals surface area contributed by atoms with Crippen molar-refractivity contribution in [3.8, 4) is 22.8 Å². The SMILES string of the molecule is COc1ccc(/C=C/C(=O)Nc2nc(-c3ccc(Br)cc3)c(C)s2)cc1OC. The van der Waals surface area contributed by atoms with Gasteiger partial charge in [0.15, 0.2) is 16.6 Å². The van der Waals surface area contributed by atoms with Crippen molar-refractivity contribution in [2.45, 2.75) is 6.92 Å². The Morgan fingerprint density at radius 2 is 1.82 bits per heavy atom. The van der Waals surface area contributed by atoms with Crippen LogP contribution in [-0.4, -0.2) is 25.1 Å². The van der Waals surface area contributed by atoms with Crippen molar-refractivity contribution in [2.75, 3.05) is 19.5 Å². The number of hydrogen-bond donors (Lipinski definition) is 1. The molecule has 2 aromatic carbocycles. The number of halogens is 1. The Morgan fingerprint density at radius 3 is 2.50 bits per heavy atom. The lowest BCUT2D eigenvalue weighted by Gasteiger charge is -2.07. The van der Waals surface area contributed by atoms with E-state index >= 15 is 0 Å². The van der Waals surface area contributed by atoms with Gasteiger partial charge >= 0.3 is 0 Å². The number of anilines is 1. The molecular weight excluding hydrogens is 440 g/mol. The van der Waals surface area contributed by atoms with E-state index in [1.165, 1.54) is 17.4 Å². The number of aryl methyl sites for hydroxylation is 1. The Morgan fingerprint density at radius 1 is 1.11 bits per heavy atom. The molecule has 0 saturated carbocycles. The Bertz CT molecular complexity index is 1010. The van der Waals surface area contributed by atoms with Gasteiger partial charge in [0.1, 0.15) is 0 Å². The first-order chi connectivity index (χ1) is 13.5. The van der Waals surface area contributed by atoms with Gasteiger partial charge in [0.2, 0.25) is 5.91 Å². The summed E-state index contributed by atoms with van der Waals surface area (Å²) in [7, 11) is 3.16. The van der Waals surface area contributed by atoms with E-state index < -0.39 is 0 Å². The summed E-state index contributed by atoms with van der Waals surface area (Å²) in [5.41, 5.74) is 2.72. The molecule has 0 aliphatic carbocycles. The number of nitrogens with zero attached hydrogens (tertiary/aromatic N) is 1. The first-order valence-electron chi connectivity index (χ1n) is 8.44. The van der Waals surface area contributed by atoms with Crippen molar-refractivity contribution in [3.05, 3.63) is 63.5 Å². The molecule has 144 valence electrons. The molecule has 0 saturated heterocycles. The van der Waals surface area contributed by atoms with E-state index in [1.54, 1.807) is 26.4 Å². The molecule has 0 aliphatic rings. The highest BCUT2D eigenvalue weighted by molar-refractivity contribution is 9.10. The average molecular weight is 459 g/mol. The number of carbonyl (C=O) groups is 1. The third-order valence-electron chi connectivity index (χ3n) is 3.98. The highest BCUT2D eigenvalue weighted by atomic mass is 79.9. The molecule has 3 rings (SSSR count). The molecule has 1 N–H and O–H groups in total. The molecule has 1 heterocycles. The number of amides is 1. The van der Waals surface area contributed by atoms with E-state index in [-0.39, 0.29) is 5.91 Å². The zero-order valence-corrected chi connectivity index (χ0v) is 18.1. The van der Waals surface area contributed by atoms with Gasteiger partial charge in [-0.15, -0.1) is 11.3 Å². The summed E-state index contributed by atoms with van der Waals surface area (Å²) in [5, 5.41) is 3.39. The van der Waals surface area contributed by atoms with E-state index in [0.29, 0.717) is 16.6 Å². The van der Waals surface area contributed by atoms with Crippen molar-refractivity contribution in [1.29, 1.82) is 0 Å². The fraction of sp³-hybridized carbons (Fsp3) is 0.143. The molecule has 0 unspecified atom stereocenters. The minimum absolute atomic E-state index is 0.245. The lowest BCUT2D eigenvalue weighted by molar-refractivity contribution is -0.111. The van der Waals surface area contributed by atoms with Crippen LogP contribution in [0.2, 0.25) is 0 Å². The van der Waals surface area contributed by atoms with E-state index in [2.05, 4.69) is 26.2 Å². The summed E-state index contributed by atoms with van der Waals surface area (Å²) in [4.78, 5) is 17.9. The van der Waals surface area contributed by atoms with Crippen LogP contribution in [0.25, 0.3) is 17.3 Å². The van der Waals surface area contributed by atoms with Gasteiger partial charge in [0.05, 0.1) is 19.9 Å². The van der Waals surface area contributed by atoms with Gasteiger partial charge in [-0.2, -0.15) is 0 Å². The lowest BCUT2D eigenvalue weighted by Crippen LogP contribution is -2.07. The average Bonchev–Trinajstić information content (AvgIpc) is 3.06. The molecule has 0 bridgehead atoms. The van der Waals surface area contributed by atoms with E-state index in [9.17, 15) is 4.79 Å². The first-order valence-corrected chi connectivity index (χ1v) is 10.1. The summed E-state index contributed by atoms with van der Waals surface area (Å²) in [5.74, 6) is 1.01. The van der Waals surface area contributed by atoms with Gasteiger partial charge in [0, 0.05) is 21.0 Å². The second kappa shape index (κ2) is 9.03. The molecule has 7 heteroatoms. The first kappa shape index (κ1) is 20.1. The zero-order chi connectivity index (χ0) is 20.1. The number of nitrogens with one attached hydrogen (secondary N) is 1. The summed E-state index contributed by atoms with van der Waals surface area (Å²) in [6.45, 7) is 1.99. The summed E-state index contributed by atoms with van der Waals surface area (Å²) >= 11 is 4.88. The molecule has 5 nitrogen and oxygen atoms in total. The number of hydrogen-bond acceptors (Lipinski definition) is 5. The largest absolute Gasteiger partial charge is 0.493 e. The highest BCUT2D eigenvalue weighted by Crippen LogP contribution is 2.31. The van der Waals surface area contributed by atoms with Gasteiger partial charge in [-0.05, 0) is 42.8 Å². The zero-order valence-electron chi connectivity index (χ0n) is 15.7. The van der Waals surface area contributed by atoms with Crippen LogP contribution in [0.15, 0.2) is 53.0 Å². The van der Waals surface area contributed by atoms with Gasteiger partial charge in [-0.1, -0.05) is 34.1 Å². The van der Waals surface area contributed by atoms with Crippen LogP contribution < -0.4 is 14.8 Å². The van der Waals surface area contributed by atoms with Crippen LogP contribution in [0.5, 0.6) is 11.5 Å². The minimum atomic E-state index is -0.245. The van der Waals surface area contributed by atoms with Crippen LogP contribution in [0, 0.1) is 6.92 Å². The standard InChI is InChI=1S/C21H19BrN2O3S/c1-13-20(15-6-8-16(22)9-7-15)24-21(28-13)23-19(25)11-5-14-4-10-17(26-2)18(12-14)27-3/h4-12H,1-3H3,(H,23,24,25)/b11-5+. The van der Waals surface area contributed by atoms with Gasteiger partial charge in [0.25, 0.3) is 0 Å². The van der Waals surface area contributed by atoms with E-state index in [1.807, 2.05) is 43.3 Å². The van der Waals surface area contributed by atoms with Crippen molar-refractivity contribution >= 4 is 44.4 Å². The van der Waals surface area contributed by atoms with Gasteiger partial charge in [-0.25, -0.2) is 4.98 Å². The van der Waals surface area contributed by atoms with Crippen molar-refractivity contribution in [1.82, 2.24) is 4.98 Å². The van der Waals surface area contributed by atoms with E-state index in [0.717, 1.165) is 26.2 Å². The number of benzene rings is 2. The smallest absolute Gasteiger partial charge is 0.250 e. The van der Waals surface area contributed by atoms with Crippen LogP contribution >= 0.6 is 27.3 Å². The summed E-state index contributed by atoms with van der Waals surface area (Å²) in [6, 6.07) is 13.4. The topological polar surface area (TPSA) is 60.5 Å². The number of ether oxygens (including phenoxy) is 2. The normalized spacial score (nSPS) is 10.9. The Balaban J connectivity index is 1.71. The quantitative estimate of drug-likeness (QED) is 0.491. The predicted molar refractivity (Wildman–Crippen MR) is 117 cm³/mol. The molecule has 28 heavy (non-hydrogen) atoms. The minimum Gasteiger partial charge on any atom is -0.493 e. The second-order valence-corrected chi connectivity index (χ2v) is 7.99. The number of rotatable bonds is 6. The van der Waals surface area contributed by atoms with Crippen molar-refractivity contribution in [2.24, 2.45) is 0 Å². The van der Waals surface area contributed by atoms with Gasteiger partial charge in [-0.3, -0.25) is 10.1 Å². The van der Waals surface area contributed by atoms with E-state index in [4.69, 9.17) is 9.47 Å². The number of methoxy groups -OCH3 is 2. The van der Waals surface area contributed by atoms with Crippen LogP contribution in [-0.2, 0) is 4.79 Å². The number of aromatic nitrogens is 1. The molecule has 3 aromatic rings. The molecule has 0 fully saturated rings. The van der Waals surface area contributed by atoms with Crippen LogP contribution in [0.4, 0.5) is 5.13 Å². The summed E-state index contributed by atoms with van der Waals surface area (Å²) < 4.78 is 11.5. The van der Waals surface area contributed by atoms with Crippen LogP contribution in [0.3, 0.4) is 0 Å².